The molecule has 1 aromatic heterocycles. The van der Waals surface area contributed by atoms with Crippen LogP contribution in [0.2, 0.25) is 0 Å². The number of alkyl halides is 1. The van der Waals surface area contributed by atoms with Gasteiger partial charge in [-0.3, -0.25) is 14.1 Å². The van der Waals surface area contributed by atoms with Gasteiger partial charge in [-0.2, -0.15) is 9.94 Å². The molecule has 3 aliphatic heterocycles. The Morgan fingerprint density at radius 1 is 1.13 bits per heavy atom. The summed E-state index contributed by atoms with van der Waals surface area (Å²) in [6.07, 6.45) is 2.14. The molecule has 0 radical (unpaired) electrons. The minimum Gasteiger partial charge on any atom is -0.299 e. The number of halogens is 2. The zero-order chi connectivity index (χ0) is 21.6. The molecule has 0 unspecified atom stereocenters. The lowest BCUT2D eigenvalue weighted by Gasteiger charge is -2.32. The summed E-state index contributed by atoms with van der Waals surface area (Å²) in [6.45, 7) is 1.43. The van der Waals surface area contributed by atoms with Crippen LogP contribution in [0.25, 0.3) is 22.6 Å². The van der Waals surface area contributed by atoms with Gasteiger partial charge in [0.2, 0.25) is 0 Å². The van der Waals surface area contributed by atoms with Crippen molar-refractivity contribution in [2.24, 2.45) is 0 Å². The second kappa shape index (κ2) is 7.29. The van der Waals surface area contributed by atoms with Gasteiger partial charge in [0.1, 0.15) is 17.6 Å². The van der Waals surface area contributed by atoms with E-state index >= 15 is 0 Å². The molecule has 2 aromatic rings. The first-order valence-electron chi connectivity index (χ1n) is 10.1. The molecule has 4 heterocycles. The fraction of sp³-hybridized carbons (Fsp3) is 0.261. The van der Waals surface area contributed by atoms with Crippen LogP contribution < -0.4 is 5.56 Å². The van der Waals surface area contributed by atoms with Crippen molar-refractivity contribution >= 4 is 5.52 Å². The van der Waals surface area contributed by atoms with Crippen molar-refractivity contribution in [1.29, 1.82) is 5.26 Å². The maximum absolute atomic E-state index is 14.3. The smallest absolute Gasteiger partial charge is 0.282 e. The standard InChI is InChI=1S/C23H19F2N5O/c24-18-5-1-2-7-20(18)30-22(31)17-13-16(14-28-11-8-23(25,15-26)9-12-28)19-6-3-4-10-29(19)21(17)27-30/h1-7,10,13H,8-9,11-12,14H2. The molecule has 0 spiro atoms. The van der Waals surface area contributed by atoms with Crippen LogP contribution in [0.3, 0.4) is 0 Å². The number of benzene rings is 1. The van der Waals surface area contributed by atoms with E-state index in [9.17, 15) is 13.6 Å². The third-order valence-electron chi connectivity index (χ3n) is 5.92. The van der Waals surface area contributed by atoms with Crippen LogP contribution in [0.4, 0.5) is 8.78 Å². The minimum absolute atomic E-state index is 0.0988. The highest BCUT2D eigenvalue weighted by atomic mass is 19.1. The Hall–Kier alpha value is -3.57. The molecule has 0 aliphatic carbocycles. The van der Waals surface area contributed by atoms with Crippen molar-refractivity contribution in [1.82, 2.24) is 19.1 Å². The Bertz CT molecular complexity index is 1340. The van der Waals surface area contributed by atoms with Crippen LogP contribution in [0.1, 0.15) is 18.4 Å². The van der Waals surface area contributed by atoms with E-state index in [1.165, 1.54) is 12.1 Å². The summed E-state index contributed by atoms with van der Waals surface area (Å²) in [7, 11) is 0. The van der Waals surface area contributed by atoms with E-state index in [4.69, 9.17) is 5.26 Å². The molecule has 31 heavy (non-hydrogen) atoms. The molecule has 0 N–H and O–H groups in total. The Balaban J connectivity index is 1.61. The summed E-state index contributed by atoms with van der Waals surface area (Å²) in [6, 6.07) is 15.3. The topological polar surface area (TPSA) is 66.3 Å². The van der Waals surface area contributed by atoms with Gasteiger partial charge in [-0.15, -0.1) is 5.10 Å². The van der Waals surface area contributed by atoms with Gasteiger partial charge in [-0.05, 0) is 35.9 Å². The van der Waals surface area contributed by atoms with Gasteiger partial charge >= 0.3 is 0 Å². The lowest BCUT2D eigenvalue weighted by molar-refractivity contribution is 0.0986. The molecule has 1 saturated heterocycles. The first kappa shape index (κ1) is 19.4. The lowest BCUT2D eigenvalue weighted by atomic mass is 9.94. The van der Waals surface area contributed by atoms with E-state index < -0.39 is 17.0 Å². The zero-order valence-electron chi connectivity index (χ0n) is 16.6. The zero-order valence-corrected chi connectivity index (χ0v) is 16.6. The Morgan fingerprint density at radius 3 is 2.61 bits per heavy atom. The van der Waals surface area contributed by atoms with Crippen molar-refractivity contribution in [2.75, 3.05) is 13.1 Å². The molecule has 1 fully saturated rings. The Labute approximate surface area is 176 Å². The van der Waals surface area contributed by atoms with Crippen LogP contribution in [0, 0.1) is 17.1 Å². The van der Waals surface area contributed by atoms with Gasteiger partial charge in [0.25, 0.3) is 5.56 Å². The third-order valence-corrected chi connectivity index (χ3v) is 5.92. The van der Waals surface area contributed by atoms with Crippen LogP contribution in [-0.4, -0.2) is 37.8 Å². The maximum Gasteiger partial charge on any atom is 0.282 e. The van der Waals surface area contributed by atoms with Crippen LogP contribution >= 0.6 is 0 Å². The average molecular weight is 419 g/mol. The lowest BCUT2D eigenvalue weighted by Crippen LogP contribution is -2.40. The number of nitriles is 1. The highest BCUT2D eigenvalue weighted by Crippen LogP contribution is 2.29. The highest BCUT2D eigenvalue weighted by Gasteiger charge is 2.34. The largest absolute Gasteiger partial charge is 0.299 e. The summed E-state index contributed by atoms with van der Waals surface area (Å²) in [5.74, 6) is -0.0825. The summed E-state index contributed by atoms with van der Waals surface area (Å²) in [5, 5.41) is 13.4. The molecular weight excluding hydrogens is 400 g/mol. The molecule has 3 aliphatic rings. The first-order chi connectivity index (χ1) is 15.0. The minimum atomic E-state index is -1.76. The molecule has 6 nitrogen and oxygen atoms in total. The van der Waals surface area contributed by atoms with E-state index in [-0.39, 0.29) is 18.5 Å². The fourth-order valence-electron chi connectivity index (χ4n) is 4.18. The van der Waals surface area contributed by atoms with E-state index in [1.54, 1.807) is 24.3 Å². The summed E-state index contributed by atoms with van der Waals surface area (Å²) < 4.78 is 31.5. The quantitative estimate of drug-likeness (QED) is 0.509. The molecule has 0 saturated carbocycles. The predicted octanol–water partition coefficient (Wildman–Crippen LogP) is 3.56. The molecule has 1 aromatic carbocycles. The van der Waals surface area contributed by atoms with Gasteiger partial charge in [0.05, 0.1) is 11.1 Å². The number of pyridine rings is 2. The molecule has 5 rings (SSSR count). The molecule has 8 heteroatoms. The number of para-hydroxylation sites is 1. The van der Waals surface area contributed by atoms with Gasteiger partial charge in [-0.25, -0.2) is 8.78 Å². The van der Waals surface area contributed by atoms with E-state index in [0.717, 1.165) is 15.8 Å². The second-order valence-electron chi connectivity index (χ2n) is 7.88. The summed E-state index contributed by atoms with van der Waals surface area (Å²) >= 11 is 0. The van der Waals surface area contributed by atoms with Crippen LogP contribution in [-0.2, 0) is 6.54 Å². The normalized spacial score (nSPS) is 16.5. The number of likely N-dealkylation sites (tertiary alicyclic amines) is 1. The van der Waals surface area contributed by atoms with Crippen molar-refractivity contribution in [3.8, 4) is 23.1 Å². The number of hydrogen-bond acceptors (Lipinski definition) is 4. The molecule has 0 bridgehead atoms. The Morgan fingerprint density at radius 2 is 1.87 bits per heavy atom. The van der Waals surface area contributed by atoms with Crippen LogP contribution in [0.5, 0.6) is 0 Å². The number of piperidine rings is 1. The van der Waals surface area contributed by atoms with Gasteiger partial charge in [0.15, 0.2) is 11.5 Å². The monoisotopic (exact) mass is 419 g/mol. The highest BCUT2D eigenvalue weighted by molar-refractivity contribution is 5.69. The number of aromatic nitrogens is 3. The predicted molar refractivity (Wildman–Crippen MR) is 111 cm³/mol. The number of rotatable bonds is 3. The van der Waals surface area contributed by atoms with Gasteiger partial charge in [0, 0.05) is 38.7 Å². The van der Waals surface area contributed by atoms with Gasteiger partial charge < -0.3 is 0 Å². The first-order valence-corrected chi connectivity index (χ1v) is 10.1. The van der Waals surface area contributed by atoms with Crippen molar-refractivity contribution in [3.63, 3.8) is 0 Å². The number of hydrogen-bond donors (Lipinski definition) is 0. The fourth-order valence-corrected chi connectivity index (χ4v) is 4.18. The Kier molecular flexibility index (Phi) is 4.56. The van der Waals surface area contributed by atoms with Crippen molar-refractivity contribution in [2.45, 2.75) is 25.1 Å². The van der Waals surface area contributed by atoms with E-state index in [1.807, 2.05) is 28.8 Å². The second-order valence-corrected chi connectivity index (χ2v) is 7.88. The maximum atomic E-state index is 14.3. The van der Waals surface area contributed by atoms with Crippen molar-refractivity contribution < 1.29 is 8.78 Å². The molecular formula is C23H19F2N5O. The molecule has 0 atom stereocenters. The molecule has 156 valence electrons. The SMILES string of the molecule is N#CC1(F)CCN(Cc2cc3c(=O)n(-c4ccccc4F)nc-3n3ccccc23)CC1. The van der Waals surface area contributed by atoms with Crippen molar-refractivity contribution in [3.05, 3.63) is 76.5 Å². The molecule has 0 amide bonds. The third kappa shape index (κ3) is 3.27. The van der Waals surface area contributed by atoms with Gasteiger partial charge in [-0.1, -0.05) is 18.2 Å². The summed E-state index contributed by atoms with van der Waals surface area (Å²) in [5.41, 5.74) is 0.0793. The average Bonchev–Trinajstić information content (AvgIpc) is 3.12. The van der Waals surface area contributed by atoms with E-state index in [2.05, 4.69) is 10.00 Å². The van der Waals surface area contributed by atoms with E-state index in [0.29, 0.717) is 31.0 Å². The number of fused-ring (bicyclic) bond motifs is 3. The summed E-state index contributed by atoms with van der Waals surface area (Å²) in [4.78, 5) is 15.2. The van der Waals surface area contributed by atoms with Crippen LogP contribution in [0.15, 0.2) is 59.5 Å². The number of nitrogens with zero attached hydrogens (tertiary/aromatic N) is 5.